The monoisotopic (exact) mass is 594 g/mol. The van der Waals surface area contributed by atoms with Gasteiger partial charge >= 0.3 is 11.8 Å². The van der Waals surface area contributed by atoms with Gasteiger partial charge in [0.2, 0.25) is 0 Å². The molecular weight excluding hydrogens is 564 g/mol. The van der Waals surface area contributed by atoms with Crippen molar-refractivity contribution in [3.05, 3.63) is 81.3 Å². The average molecular weight is 595 g/mol. The van der Waals surface area contributed by atoms with Crippen LogP contribution in [0.2, 0.25) is 0 Å². The molecule has 204 valence electrons. The molecule has 9 nitrogen and oxygen atoms in total. The van der Waals surface area contributed by atoms with Crippen LogP contribution in [-0.2, 0) is 14.4 Å². The third-order valence-corrected chi connectivity index (χ3v) is 5.93. The summed E-state index contributed by atoms with van der Waals surface area (Å²) < 4.78 is 12.0. The summed E-state index contributed by atoms with van der Waals surface area (Å²) in [6.07, 6.45) is 2.22. The second-order valence-electron chi connectivity index (χ2n) is 8.82. The van der Waals surface area contributed by atoms with Gasteiger partial charge in [0.05, 0.1) is 12.8 Å². The summed E-state index contributed by atoms with van der Waals surface area (Å²) in [6, 6.07) is 15.8. The fourth-order valence-corrected chi connectivity index (χ4v) is 4.08. The van der Waals surface area contributed by atoms with Gasteiger partial charge in [-0.25, -0.2) is 5.43 Å². The minimum atomic E-state index is -0.946. The Morgan fingerprint density at radius 3 is 2.26 bits per heavy atom. The summed E-state index contributed by atoms with van der Waals surface area (Å²) in [5, 5.41) is 9.27. The van der Waals surface area contributed by atoms with Gasteiger partial charge in [-0.2, -0.15) is 5.10 Å². The Balaban J connectivity index is 1.56. The first-order valence-corrected chi connectivity index (χ1v) is 13.1. The molecule has 0 aliphatic carbocycles. The lowest BCUT2D eigenvalue weighted by atomic mass is 10.1. The highest BCUT2D eigenvalue weighted by atomic mass is 79.9. The van der Waals surface area contributed by atoms with Gasteiger partial charge in [0.15, 0.2) is 6.61 Å². The number of carbonyl (C=O) groups is 3. The minimum Gasteiger partial charge on any atom is -0.494 e. The fourth-order valence-electron chi connectivity index (χ4n) is 3.70. The lowest BCUT2D eigenvalue weighted by Gasteiger charge is -2.14. The first-order valence-electron chi connectivity index (χ1n) is 12.3. The van der Waals surface area contributed by atoms with Crippen molar-refractivity contribution in [2.24, 2.45) is 5.10 Å². The summed E-state index contributed by atoms with van der Waals surface area (Å²) in [7, 11) is 0. The molecule has 0 aromatic heterocycles. The van der Waals surface area contributed by atoms with Crippen LogP contribution in [0, 0.1) is 20.8 Å². The standard InChI is InChI=1S/C29H31BrN4O5/c1-5-12-38-24-9-7-23(8-10-24)32-28(36)29(37)34-31-16-21-15-22(30)6-11-25(21)39-17-26(35)33-27-19(3)13-18(2)14-20(27)4/h6-11,13-16H,5,12,17H2,1-4H3,(H,32,36)(H,33,35)(H,34,37)/b31-16-. The molecule has 0 aliphatic rings. The Bertz CT molecular complexity index is 1350. The van der Waals surface area contributed by atoms with E-state index >= 15 is 0 Å². The summed E-state index contributed by atoms with van der Waals surface area (Å²) >= 11 is 3.39. The minimum absolute atomic E-state index is 0.230. The summed E-state index contributed by atoms with van der Waals surface area (Å²) in [5.41, 5.74) is 6.94. The second kappa shape index (κ2) is 14.1. The summed E-state index contributed by atoms with van der Waals surface area (Å²) in [5.74, 6) is -1.09. The molecule has 0 radical (unpaired) electrons. The lowest BCUT2D eigenvalue weighted by Crippen LogP contribution is -2.32. The van der Waals surface area contributed by atoms with E-state index in [1.165, 1.54) is 6.21 Å². The number of rotatable bonds is 10. The maximum absolute atomic E-state index is 12.6. The third kappa shape index (κ3) is 8.96. The van der Waals surface area contributed by atoms with Crippen molar-refractivity contribution in [2.45, 2.75) is 34.1 Å². The highest BCUT2D eigenvalue weighted by Gasteiger charge is 2.14. The molecule has 0 unspecified atom stereocenters. The Morgan fingerprint density at radius 1 is 0.897 bits per heavy atom. The molecule has 3 aromatic carbocycles. The molecule has 3 amide bonds. The normalized spacial score (nSPS) is 10.7. The first-order chi connectivity index (χ1) is 18.7. The van der Waals surface area contributed by atoms with Crippen LogP contribution in [0.15, 0.2) is 64.2 Å². The number of hydrogen-bond acceptors (Lipinski definition) is 6. The van der Waals surface area contributed by atoms with Gasteiger partial charge in [-0.15, -0.1) is 0 Å². The number of anilines is 2. The van der Waals surface area contributed by atoms with Crippen molar-refractivity contribution in [3.63, 3.8) is 0 Å². The molecule has 0 spiro atoms. The lowest BCUT2D eigenvalue weighted by molar-refractivity contribution is -0.136. The molecule has 3 rings (SSSR count). The van der Waals surface area contributed by atoms with E-state index in [0.29, 0.717) is 29.4 Å². The van der Waals surface area contributed by atoms with Crippen molar-refractivity contribution in [1.29, 1.82) is 0 Å². The highest BCUT2D eigenvalue weighted by Crippen LogP contribution is 2.24. The zero-order valence-electron chi connectivity index (χ0n) is 22.3. The van der Waals surface area contributed by atoms with E-state index in [9.17, 15) is 14.4 Å². The van der Waals surface area contributed by atoms with E-state index in [1.54, 1.807) is 42.5 Å². The largest absolute Gasteiger partial charge is 0.494 e. The SMILES string of the molecule is CCCOc1ccc(NC(=O)C(=O)N/N=C\c2cc(Br)ccc2OCC(=O)Nc2c(C)cc(C)cc2C)cc1. The van der Waals surface area contributed by atoms with E-state index in [1.807, 2.05) is 39.8 Å². The number of amides is 3. The van der Waals surface area contributed by atoms with Crippen LogP contribution in [0.1, 0.15) is 35.6 Å². The summed E-state index contributed by atoms with van der Waals surface area (Å²) in [4.78, 5) is 37.0. The highest BCUT2D eigenvalue weighted by molar-refractivity contribution is 9.10. The molecule has 3 aromatic rings. The smallest absolute Gasteiger partial charge is 0.329 e. The molecule has 0 heterocycles. The van der Waals surface area contributed by atoms with Crippen LogP contribution in [0.25, 0.3) is 0 Å². The number of hydrazone groups is 1. The molecule has 0 bridgehead atoms. The van der Waals surface area contributed by atoms with Crippen LogP contribution in [0.4, 0.5) is 11.4 Å². The van der Waals surface area contributed by atoms with Crippen LogP contribution in [-0.4, -0.2) is 37.1 Å². The van der Waals surface area contributed by atoms with Gasteiger partial charge in [-0.05, 0) is 80.8 Å². The number of nitrogens with one attached hydrogen (secondary N) is 3. The summed E-state index contributed by atoms with van der Waals surface area (Å²) in [6.45, 7) is 8.25. The Morgan fingerprint density at radius 2 is 1.59 bits per heavy atom. The zero-order valence-corrected chi connectivity index (χ0v) is 23.8. The van der Waals surface area contributed by atoms with Crippen molar-refractivity contribution in [2.75, 3.05) is 23.8 Å². The number of carbonyl (C=O) groups excluding carboxylic acids is 3. The number of nitrogens with zero attached hydrogens (tertiary/aromatic N) is 1. The molecule has 0 saturated heterocycles. The van der Waals surface area contributed by atoms with Gasteiger partial charge in [0.25, 0.3) is 5.91 Å². The van der Waals surface area contributed by atoms with Crippen LogP contribution >= 0.6 is 15.9 Å². The molecule has 3 N–H and O–H groups in total. The van der Waals surface area contributed by atoms with Gasteiger partial charge in [-0.1, -0.05) is 40.5 Å². The molecule has 39 heavy (non-hydrogen) atoms. The van der Waals surface area contributed by atoms with Crippen LogP contribution in [0.3, 0.4) is 0 Å². The second-order valence-corrected chi connectivity index (χ2v) is 9.73. The molecule has 0 atom stereocenters. The fraction of sp³-hybridized carbons (Fsp3) is 0.241. The van der Waals surface area contributed by atoms with Crippen LogP contribution < -0.4 is 25.5 Å². The molecule has 10 heteroatoms. The van der Waals surface area contributed by atoms with Gasteiger partial charge in [-0.3, -0.25) is 14.4 Å². The van der Waals surface area contributed by atoms with E-state index in [-0.39, 0.29) is 12.5 Å². The third-order valence-electron chi connectivity index (χ3n) is 5.43. The van der Waals surface area contributed by atoms with E-state index in [4.69, 9.17) is 9.47 Å². The quantitative estimate of drug-likeness (QED) is 0.168. The van der Waals surface area contributed by atoms with E-state index < -0.39 is 11.8 Å². The maximum atomic E-state index is 12.6. The van der Waals surface area contributed by atoms with Gasteiger partial charge in [0.1, 0.15) is 11.5 Å². The predicted octanol–water partition coefficient (Wildman–Crippen LogP) is 5.27. The Kier molecular flexibility index (Phi) is 10.6. The predicted molar refractivity (Wildman–Crippen MR) is 156 cm³/mol. The van der Waals surface area contributed by atoms with Crippen molar-refractivity contribution in [1.82, 2.24) is 5.43 Å². The number of halogens is 1. The molecular formula is C29H31BrN4O5. The topological polar surface area (TPSA) is 118 Å². The van der Waals surface area contributed by atoms with Gasteiger partial charge in [0, 0.05) is 21.4 Å². The van der Waals surface area contributed by atoms with Gasteiger partial charge < -0.3 is 20.1 Å². The van der Waals surface area contributed by atoms with Crippen molar-refractivity contribution >= 4 is 51.2 Å². The number of benzene rings is 3. The van der Waals surface area contributed by atoms with Crippen molar-refractivity contribution in [3.8, 4) is 11.5 Å². The van der Waals surface area contributed by atoms with Crippen molar-refractivity contribution < 1.29 is 23.9 Å². The first kappa shape index (κ1) is 29.4. The molecule has 0 fully saturated rings. The number of ether oxygens (including phenoxy) is 2. The Hall–Kier alpha value is -4.18. The Labute approximate surface area is 236 Å². The molecule has 0 aliphatic heterocycles. The van der Waals surface area contributed by atoms with E-state index in [0.717, 1.165) is 33.3 Å². The number of hydrogen-bond donors (Lipinski definition) is 3. The van der Waals surface area contributed by atoms with E-state index in [2.05, 4.69) is 37.1 Å². The van der Waals surface area contributed by atoms with Crippen LogP contribution in [0.5, 0.6) is 11.5 Å². The maximum Gasteiger partial charge on any atom is 0.329 e. The zero-order chi connectivity index (χ0) is 28.4. The molecule has 0 saturated carbocycles. The average Bonchev–Trinajstić information content (AvgIpc) is 2.89. The number of aryl methyl sites for hydroxylation is 3.